The first-order valence-corrected chi connectivity index (χ1v) is 9.70. The van der Waals surface area contributed by atoms with Crippen LogP contribution in [0.15, 0.2) is 78.9 Å². The second kappa shape index (κ2) is 8.11. The predicted octanol–water partition coefficient (Wildman–Crippen LogP) is 6.14. The topological polar surface area (TPSA) is 55.1 Å². The SMILES string of the molecule is O=C(O)Cc1c(-c2ccccc2)nn(-c2ccc(Cl)c(Cl)c2)c1-c1ccccc1. The van der Waals surface area contributed by atoms with Crippen LogP contribution < -0.4 is 0 Å². The van der Waals surface area contributed by atoms with Crippen LogP contribution in [-0.4, -0.2) is 20.9 Å². The fourth-order valence-corrected chi connectivity index (χ4v) is 3.59. The highest BCUT2D eigenvalue weighted by atomic mass is 35.5. The average molecular weight is 423 g/mol. The Labute approximate surface area is 178 Å². The van der Waals surface area contributed by atoms with Crippen molar-refractivity contribution in [3.63, 3.8) is 0 Å². The fourth-order valence-electron chi connectivity index (χ4n) is 3.29. The van der Waals surface area contributed by atoms with E-state index in [9.17, 15) is 9.90 Å². The van der Waals surface area contributed by atoms with Crippen LogP contribution in [0.4, 0.5) is 0 Å². The van der Waals surface area contributed by atoms with Gasteiger partial charge in [0, 0.05) is 16.7 Å². The molecule has 4 nitrogen and oxygen atoms in total. The van der Waals surface area contributed by atoms with Gasteiger partial charge in [-0.15, -0.1) is 0 Å². The van der Waals surface area contributed by atoms with Gasteiger partial charge in [0.15, 0.2) is 0 Å². The molecule has 4 aromatic rings. The van der Waals surface area contributed by atoms with Crippen LogP contribution in [0.1, 0.15) is 5.56 Å². The summed E-state index contributed by atoms with van der Waals surface area (Å²) in [4.78, 5) is 11.7. The molecule has 0 aliphatic heterocycles. The molecule has 4 rings (SSSR count). The van der Waals surface area contributed by atoms with Gasteiger partial charge < -0.3 is 5.11 Å². The minimum atomic E-state index is -0.923. The van der Waals surface area contributed by atoms with Crippen LogP contribution in [0.5, 0.6) is 0 Å². The summed E-state index contributed by atoms with van der Waals surface area (Å²) in [5.74, 6) is -0.923. The van der Waals surface area contributed by atoms with E-state index in [1.165, 1.54) is 0 Å². The van der Waals surface area contributed by atoms with E-state index >= 15 is 0 Å². The Morgan fingerprint density at radius 3 is 2.07 bits per heavy atom. The molecule has 3 aromatic carbocycles. The number of carboxylic acids is 1. The van der Waals surface area contributed by atoms with E-state index in [0.29, 0.717) is 32.7 Å². The van der Waals surface area contributed by atoms with Crippen molar-refractivity contribution in [3.8, 4) is 28.2 Å². The van der Waals surface area contributed by atoms with E-state index in [0.717, 1.165) is 11.1 Å². The summed E-state index contributed by atoms with van der Waals surface area (Å²) in [6, 6.07) is 24.4. The van der Waals surface area contributed by atoms with Crippen molar-refractivity contribution in [3.05, 3.63) is 94.5 Å². The van der Waals surface area contributed by atoms with Crippen molar-refractivity contribution in [2.75, 3.05) is 0 Å². The van der Waals surface area contributed by atoms with Gasteiger partial charge >= 0.3 is 5.97 Å². The highest BCUT2D eigenvalue weighted by molar-refractivity contribution is 6.42. The molecule has 6 heteroatoms. The Kier molecular flexibility index (Phi) is 5.38. The molecule has 0 fully saturated rings. The number of benzene rings is 3. The highest BCUT2D eigenvalue weighted by Crippen LogP contribution is 2.36. The van der Waals surface area contributed by atoms with Gasteiger partial charge in [-0.2, -0.15) is 5.10 Å². The first-order chi connectivity index (χ1) is 14.0. The number of halogens is 2. The number of nitrogens with zero attached hydrogens (tertiary/aromatic N) is 2. The molecule has 0 aliphatic carbocycles. The van der Waals surface area contributed by atoms with Crippen molar-refractivity contribution in [2.45, 2.75) is 6.42 Å². The molecule has 0 unspecified atom stereocenters. The molecule has 0 aliphatic rings. The summed E-state index contributed by atoms with van der Waals surface area (Å²) >= 11 is 12.3. The summed E-state index contributed by atoms with van der Waals surface area (Å²) in [5, 5.41) is 15.2. The first-order valence-electron chi connectivity index (χ1n) is 8.94. The molecule has 144 valence electrons. The Hall–Kier alpha value is -3.08. The van der Waals surface area contributed by atoms with E-state index in [-0.39, 0.29) is 6.42 Å². The third kappa shape index (κ3) is 3.90. The van der Waals surface area contributed by atoms with E-state index < -0.39 is 5.97 Å². The third-order valence-corrected chi connectivity index (χ3v) is 5.29. The monoisotopic (exact) mass is 422 g/mol. The van der Waals surface area contributed by atoms with E-state index in [4.69, 9.17) is 28.3 Å². The van der Waals surface area contributed by atoms with Crippen LogP contribution in [0.3, 0.4) is 0 Å². The second-order valence-electron chi connectivity index (χ2n) is 6.49. The maximum Gasteiger partial charge on any atom is 0.307 e. The molecule has 0 bridgehead atoms. The van der Waals surface area contributed by atoms with Crippen molar-refractivity contribution < 1.29 is 9.90 Å². The first kappa shape index (κ1) is 19.2. The largest absolute Gasteiger partial charge is 0.481 e. The second-order valence-corrected chi connectivity index (χ2v) is 7.30. The van der Waals surface area contributed by atoms with Crippen LogP contribution in [0, 0.1) is 0 Å². The molecule has 29 heavy (non-hydrogen) atoms. The number of hydrogen-bond donors (Lipinski definition) is 1. The smallest absolute Gasteiger partial charge is 0.307 e. The summed E-state index contributed by atoms with van der Waals surface area (Å²) in [5.41, 5.74) is 4.39. The minimum absolute atomic E-state index is 0.157. The molecule has 1 N–H and O–H groups in total. The van der Waals surface area contributed by atoms with Crippen LogP contribution in [0.2, 0.25) is 10.0 Å². The van der Waals surface area contributed by atoms with Crippen LogP contribution in [0.25, 0.3) is 28.2 Å². The molecular weight excluding hydrogens is 407 g/mol. The number of aliphatic carboxylic acids is 1. The Morgan fingerprint density at radius 1 is 0.862 bits per heavy atom. The normalized spacial score (nSPS) is 10.8. The zero-order valence-electron chi connectivity index (χ0n) is 15.2. The molecule has 1 heterocycles. The summed E-state index contributed by atoms with van der Waals surface area (Å²) in [6.07, 6.45) is -0.157. The van der Waals surface area contributed by atoms with Crippen molar-refractivity contribution >= 4 is 29.2 Å². The zero-order chi connectivity index (χ0) is 20.4. The Bertz CT molecular complexity index is 1170. The molecule has 0 saturated carbocycles. The standard InChI is InChI=1S/C23H16Cl2N2O2/c24-19-12-11-17(13-20(19)25)27-23(16-9-5-2-6-10-16)18(14-21(28)29)22(26-27)15-7-3-1-4-8-15/h1-13H,14H2,(H,28,29). The summed E-state index contributed by atoms with van der Waals surface area (Å²) < 4.78 is 1.73. The Morgan fingerprint density at radius 2 is 1.48 bits per heavy atom. The lowest BCUT2D eigenvalue weighted by Gasteiger charge is -2.10. The Balaban J connectivity index is 2.04. The van der Waals surface area contributed by atoms with Gasteiger partial charge in [0.25, 0.3) is 0 Å². The number of rotatable bonds is 5. The van der Waals surface area contributed by atoms with Gasteiger partial charge in [-0.25, -0.2) is 4.68 Å². The number of carbonyl (C=O) groups is 1. The van der Waals surface area contributed by atoms with E-state index in [1.54, 1.807) is 16.8 Å². The maximum absolute atomic E-state index is 11.7. The van der Waals surface area contributed by atoms with E-state index in [1.807, 2.05) is 66.7 Å². The van der Waals surface area contributed by atoms with Gasteiger partial charge in [0.05, 0.1) is 33.5 Å². The molecule has 0 amide bonds. The van der Waals surface area contributed by atoms with Crippen molar-refractivity contribution in [1.82, 2.24) is 9.78 Å². The quantitative estimate of drug-likeness (QED) is 0.420. The molecule has 0 radical (unpaired) electrons. The number of hydrogen-bond acceptors (Lipinski definition) is 2. The number of carboxylic acid groups (broad SMARTS) is 1. The molecule has 0 atom stereocenters. The number of aromatic nitrogens is 2. The summed E-state index contributed by atoms with van der Waals surface area (Å²) in [6.45, 7) is 0. The van der Waals surface area contributed by atoms with Crippen molar-refractivity contribution in [1.29, 1.82) is 0 Å². The van der Waals surface area contributed by atoms with Gasteiger partial charge in [0.2, 0.25) is 0 Å². The van der Waals surface area contributed by atoms with E-state index in [2.05, 4.69) is 0 Å². The molecule has 0 saturated heterocycles. The van der Waals surface area contributed by atoms with Crippen LogP contribution >= 0.6 is 23.2 Å². The minimum Gasteiger partial charge on any atom is -0.481 e. The fraction of sp³-hybridized carbons (Fsp3) is 0.0435. The lowest BCUT2D eigenvalue weighted by Crippen LogP contribution is -2.04. The van der Waals surface area contributed by atoms with Gasteiger partial charge in [-0.3, -0.25) is 4.79 Å². The maximum atomic E-state index is 11.7. The van der Waals surface area contributed by atoms with Crippen LogP contribution in [-0.2, 0) is 11.2 Å². The van der Waals surface area contributed by atoms with Gasteiger partial charge in [-0.1, -0.05) is 83.9 Å². The van der Waals surface area contributed by atoms with Gasteiger partial charge in [0.1, 0.15) is 0 Å². The summed E-state index contributed by atoms with van der Waals surface area (Å²) in [7, 11) is 0. The molecular formula is C23H16Cl2N2O2. The molecule has 1 aromatic heterocycles. The predicted molar refractivity (Wildman–Crippen MR) is 116 cm³/mol. The van der Waals surface area contributed by atoms with Crippen molar-refractivity contribution in [2.24, 2.45) is 0 Å². The lowest BCUT2D eigenvalue weighted by atomic mass is 9.99. The zero-order valence-corrected chi connectivity index (χ0v) is 16.7. The molecule has 0 spiro atoms. The third-order valence-electron chi connectivity index (χ3n) is 4.55. The highest BCUT2D eigenvalue weighted by Gasteiger charge is 2.23. The van der Waals surface area contributed by atoms with Gasteiger partial charge in [-0.05, 0) is 18.2 Å². The lowest BCUT2D eigenvalue weighted by molar-refractivity contribution is -0.136. The average Bonchev–Trinajstić information content (AvgIpc) is 3.10.